The van der Waals surface area contributed by atoms with E-state index in [1.165, 1.54) is 14.0 Å². The molecular formula is C18H19ClN2O5. The molecule has 1 aromatic carbocycles. The third kappa shape index (κ3) is 4.05. The zero-order chi connectivity index (χ0) is 19.4. The van der Waals surface area contributed by atoms with E-state index in [0.717, 1.165) is 0 Å². The lowest BCUT2D eigenvalue weighted by atomic mass is 10.1. The summed E-state index contributed by atoms with van der Waals surface area (Å²) in [4.78, 5) is 39.2. The van der Waals surface area contributed by atoms with Crippen LogP contribution in [0.2, 0.25) is 5.02 Å². The molecule has 2 N–H and O–H groups in total. The number of carbonyl (C=O) groups is 3. The first-order valence-electron chi connectivity index (χ1n) is 7.80. The molecule has 8 heteroatoms. The van der Waals surface area contributed by atoms with Crippen LogP contribution in [0.4, 0.5) is 5.69 Å². The van der Waals surface area contributed by atoms with E-state index in [1.807, 2.05) is 0 Å². The van der Waals surface area contributed by atoms with Crippen molar-refractivity contribution in [3.8, 4) is 0 Å². The molecule has 1 heterocycles. The van der Waals surface area contributed by atoms with Crippen molar-refractivity contribution in [2.75, 3.05) is 12.4 Å². The summed E-state index contributed by atoms with van der Waals surface area (Å²) in [7, 11) is 1.26. The number of para-hydroxylation sites is 1. The number of anilines is 1. The molecule has 0 saturated carbocycles. The number of halogens is 1. The average Bonchev–Trinajstić information content (AvgIpc) is 2.90. The number of nitrogens with one attached hydrogen (secondary N) is 2. The topological polar surface area (TPSA) is 97.5 Å². The number of aromatic nitrogens is 1. The molecule has 0 aliphatic carbocycles. The third-order valence-electron chi connectivity index (χ3n) is 3.82. The summed E-state index contributed by atoms with van der Waals surface area (Å²) in [5.74, 6) is -1.83. The van der Waals surface area contributed by atoms with Crippen LogP contribution in [0.25, 0.3) is 0 Å². The van der Waals surface area contributed by atoms with E-state index in [0.29, 0.717) is 22.0 Å². The maximum absolute atomic E-state index is 12.4. The van der Waals surface area contributed by atoms with Crippen molar-refractivity contribution in [1.29, 1.82) is 0 Å². The molecule has 7 nitrogen and oxygen atoms in total. The SMILES string of the molecule is COC(=O)c1c(C)[nH]c(C(=O)O[C@@H](C)C(=O)Nc2ccccc2Cl)c1C. The number of esters is 2. The number of ether oxygens (including phenoxy) is 2. The standard InChI is InChI=1S/C18H19ClN2O5/c1-9-14(17(23)25-4)10(2)20-15(9)18(24)26-11(3)16(22)21-13-8-6-5-7-12(13)19/h5-8,11,20H,1-4H3,(H,21,22)/t11-/m0/s1. The fourth-order valence-corrected chi connectivity index (χ4v) is 2.62. The predicted octanol–water partition coefficient (Wildman–Crippen LogP) is 3.26. The van der Waals surface area contributed by atoms with Crippen LogP contribution in [0.5, 0.6) is 0 Å². The number of carbonyl (C=O) groups excluding carboxylic acids is 3. The predicted molar refractivity (Wildman–Crippen MR) is 96.6 cm³/mol. The zero-order valence-corrected chi connectivity index (χ0v) is 15.6. The second-order valence-corrected chi connectivity index (χ2v) is 6.04. The number of hydrogen-bond donors (Lipinski definition) is 2. The highest BCUT2D eigenvalue weighted by molar-refractivity contribution is 6.33. The van der Waals surface area contributed by atoms with E-state index in [9.17, 15) is 14.4 Å². The summed E-state index contributed by atoms with van der Waals surface area (Å²) in [6, 6.07) is 6.72. The number of rotatable bonds is 5. The summed E-state index contributed by atoms with van der Waals surface area (Å²) >= 11 is 5.99. The molecule has 0 saturated heterocycles. The summed E-state index contributed by atoms with van der Waals surface area (Å²) in [5, 5.41) is 2.97. The van der Waals surface area contributed by atoms with Gasteiger partial charge >= 0.3 is 11.9 Å². The molecule has 2 rings (SSSR count). The third-order valence-corrected chi connectivity index (χ3v) is 4.15. The van der Waals surface area contributed by atoms with Gasteiger partial charge in [-0.25, -0.2) is 9.59 Å². The molecule has 0 unspecified atom stereocenters. The van der Waals surface area contributed by atoms with Gasteiger partial charge in [-0.05, 0) is 38.5 Å². The Bertz CT molecular complexity index is 859. The Kier molecular flexibility index (Phi) is 6.05. The molecule has 0 bridgehead atoms. The van der Waals surface area contributed by atoms with Crippen molar-refractivity contribution in [3.63, 3.8) is 0 Å². The van der Waals surface area contributed by atoms with Gasteiger partial charge in [0.15, 0.2) is 6.10 Å². The first-order valence-corrected chi connectivity index (χ1v) is 8.17. The lowest BCUT2D eigenvalue weighted by Crippen LogP contribution is -2.30. The van der Waals surface area contributed by atoms with Crippen LogP contribution in [-0.2, 0) is 14.3 Å². The van der Waals surface area contributed by atoms with Gasteiger partial charge in [0.05, 0.1) is 23.4 Å². The van der Waals surface area contributed by atoms with Crippen LogP contribution >= 0.6 is 11.6 Å². The minimum Gasteiger partial charge on any atom is -0.465 e. The minimum atomic E-state index is -1.07. The second kappa shape index (κ2) is 8.05. The van der Waals surface area contributed by atoms with Gasteiger partial charge in [-0.2, -0.15) is 0 Å². The highest BCUT2D eigenvalue weighted by Gasteiger charge is 2.26. The van der Waals surface area contributed by atoms with Gasteiger partial charge in [-0.15, -0.1) is 0 Å². The Morgan fingerprint density at radius 1 is 1.15 bits per heavy atom. The van der Waals surface area contributed by atoms with Gasteiger partial charge in [-0.3, -0.25) is 4.79 Å². The molecule has 0 aliphatic rings. The normalized spacial score (nSPS) is 11.6. The fraction of sp³-hybridized carbons (Fsp3) is 0.278. The van der Waals surface area contributed by atoms with E-state index in [2.05, 4.69) is 10.3 Å². The van der Waals surface area contributed by atoms with Crippen molar-refractivity contribution < 1.29 is 23.9 Å². The number of aryl methyl sites for hydroxylation is 1. The molecule has 0 radical (unpaired) electrons. The Balaban J connectivity index is 2.11. The molecule has 1 aromatic heterocycles. The fourth-order valence-electron chi connectivity index (χ4n) is 2.43. The summed E-state index contributed by atoms with van der Waals surface area (Å²) in [6.07, 6.45) is -1.07. The van der Waals surface area contributed by atoms with Crippen molar-refractivity contribution in [1.82, 2.24) is 4.98 Å². The molecule has 0 fully saturated rings. The first kappa shape index (κ1) is 19.5. The van der Waals surface area contributed by atoms with Crippen LogP contribution < -0.4 is 5.32 Å². The van der Waals surface area contributed by atoms with E-state index in [-0.39, 0.29) is 11.3 Å². The van der Waals surface area contributed by atoms with Gasteiger partial charge < -0.3 is 19.8 Å². The number of hydrogen-bond acceptors (Lipinski definition) is 5. The van der Waals surface area contributed by atoms with Gasteiger partial charge in [0.1, 0.15) is 5.69 Å². The van der Waals surface area contributed by atoms with E-state index < -0.39 is 23.9 Å². The molecule has 2 aromatic rings. The number of aromatic amines is 1. The quantitative estimate of drug-likeness (QED) is 0.778. The summed E-state index contributed by atoms with van der Waals surface area (Å²) in [6.45, 7) is 4.68. The van der Waals surface area contributed by atoms with Crippen molar-refractivity contribution in [2.45, 2.75) is 26.9 Å². The minimum absolute atomic E-state index is 0.0975. The molecule has 138 valence electrons. The van der Waals surface area contributed by atoms with E-state index in [1.54, 1.807) is 38.1 Å². The highest BCUT2D eigenvalue weighted by atomic mass is 35.5. The number of methoxy groups -OCH3 is 1. The van der Waals surface area contributed by atoms with Gasteiger partial charge in [0.25, 0.3) is 5.91 Å². The Morgan fingerprint density at radius 2 is 1.81 bits per heavy atom. The van der Waals surface area contributed by atoms with Crippen LogP contribution in [0.1, 0.15) is 39.0 Å². The van der Waals surface area contributed by atoms with Crippen LogP contribution in [0, 0.1) is 13.8 Å². The van der Waals surface area contributed by atoms with Crippen LogP contribution in [0.15, 0.2) is 24.3 Å². The largest absolute Gasteiger partial charge is 0.465 e. The van der Waals surface area contributed by atoms with Gasteiger partial charge in [0.2, 0.25) is 0 Å². The highest BCUT2D eigenvalue weighted by Crippen LogP contribution is 2.22. The molecule has 1 atom stereocenters. The van der Waals surface area contributed by atoms with Crippen molar-refractivity contribution >= 4 is 35.1 Å². The maximum atomic E-state index is 12.4. The number of benzene rings is 1. The van der Waals surface area contributed by atoms with Gasteiger partial charge in [0, 0.05) is 5.69 Å². The molecule has 0 spiro atoms. The molecule has 26 heavy (non-hydrogen) atoms. The lowest BCUT2D eigenvalue weighted by molar-refractivity contribution is -0.123. The van der Waals surface area contributed by atoms with Crippen molar-refractivity contribution in [3.05, 3.63) is 51.8 Å². The molecule has 0 aliphatic heterocycles. The number of amides is 1. The molecule has 1 amide bonds. The van der Waals surface area contributed by atoms with E-state index in [4.69, 9.17) is 21.1 Å². The Morgan fingerprint density at radius 3 is 2.42 bits per heavy atom. The average molecular weight is 379 g/mol. The first-order chi connectivity index (χ1) is 12.3. The Labute approximate surface area is 155 Å². The molecular weight excluding hydrogens is 360 g/mol. The van der Waals surface area contributed by atoms with Crippen LogP contribution in [0.3, 0.4) is 0 Å². The number of H-pyrrole nitrogens is 1. The monoisotopic (exact) mass is 378 g/mol. The van der Waals surface area contributed by atoms with E-state index >= 15 is 0 Å². The summed E-state index contributed by atoms with van der Waals surface area (Å²) in [5.41, 5.74) is 1.67. The second-order valence-electron chi connectivity index (χ2n) is 5.63. The smallest absolute Gasteiger partial charge is 0.355 e. The van der Waals surface area contributed by atoms with Crippen LogP contribution in [-0.4, -0.2) is 36.0 Å². The Hall–Kier alpha value is -2.80. The maximum Gasteiger partial charge on any atom is 0.355 e. The summed E-state index contributed by atoms with van der Waals surface area (Å²) < 4.78 is 9.90. The van der Waals surface area contributed by atoms with Crippen molar-refractivity contribution in [2.24, 2.45) is 0 Å². The van der Waals surface area contributed by atoms with Gasteiger partial charge in [-0.1, -0.05) is 23.7 Å². The zero-order valence-electron chi connectivity index (χ0n) is 14.8. The lowest BCUT2D eigenvalue weighted by Gasteiger charge is -2.14.